The molecule has 1 aliphatic heterocycles. The Kier molecular flexibility index (Phi) is 2.44. The van der Waals surface area contributed by atoms with Crippen molar-refractivity contribution in [2.75, 3.05) is 0 Å². The molecule has 0 bridgehead atoms. The lowest BCUT2D eigenvalue weighted by molar-refractivity contribution is 0.00578. The molecule has 0 atom stereocenters. The van der Waals surface area contributed by atoms with E-state index in [1.165, 1.54) is 0 Å². The summed E-state index contributed by atoms with van der Waals surface area (Å²) in [6, 6.07) is 0. The van der Waals surface area contributed by atoms with Gasteiger partial charge in [0.25, 0.3) is 0 Å². The van der Waals surface area contributed by atoms with Gasteiger partial charge in [0, 0.05) is 0 Å². The van der Waals surface area contributed by atoms with Gasteiger partial charge in [-0.05, 0) is 43.6 Å². The highest BCUT2D eigenvalue weighted by atomic mass is 79.9. The molecular formula is C8H13BBrN3O2. The van der Waals surface area contributed by atoms with E-state index in [-0.39, 0.29) is 11.2 Å². The molecule has 15 heavy (non-hydrogen) atoms. The van der Waals surface area contributed by atoms with Crippen LogP contribution >= 0.6 is 15.9 Å². The summed E-state index contributed by atoms with van der Waals surface area (Å²) in [6.45, 7) is 8.00. The van der Waals surface area contributed by atoms with Gasteiger partial charge in [-0.1, -0.05) is 0 Å². The van der Waals surface area contributed by atoms with Gasteiger partial charge in [0.1, 0.15) is 10.2 Å². The molecule has 7 heteroatoms. The van der Waals surface area contributed by atoms with Crippen LogP contribution in [0.2, 0.25) is 0 Å². The first-order valence-corrected chi connectivity index (χ1v) is 5.54. The number of hydrogen-bond acceptors (Lipinski definition) is 4. The zero-order valence-electron chi connectivity index (χ0n) is 9.17. The number of aromatic nitrogens is 3. The second kappa shape index (κ2) is 3.30. The van der Waals surface area contributed by atoms with Crippen molar-refractivity contribution in [2.45, 2.75) is 38.9 Å². The normalized spacial score (nSPS) is 23.4. The fraction of sp³-hybridized carbons (Fsp3) is 0.750. The van der Waals surface area contributed by atoms with Gasteiger partial charge in [0.05, 0.1) is 11.2 Å². The van der Waals surface area contributed by atoms with Crippen LogP contribution in [0.1, 0.15) is 27.7 Å². The molecule has 0 radical (unpaired) electrons. The minimum atomic E-state index is -0.469. The van der Waals surface area contributed by atoms with Crippen molar-refractivity contribution < 1.29 is 9.31 Å². The van der Waals surface area contributed by atoms with Crippen molar-refractivity contribution in [3.63, 3.8) is 0 Å². The standard InChI is InChI=1S/C8H13BBrN3O2/c1-7(2)8(3,4)15-9(14-7)5-6(10)12-13-11-5/h1-4H3,(H,11,12,13). The minimum Gasteiger partial charge on any atom is -0.398 e. The summed E-state index contributed by atoms with van der Waals surface area (Å²) in [5.74, 6) is 0. The van der Waals surface area contributed by atoms with E-state index in [1.807, 2.05) is 27.7 Å². The van der Waals surface area contributed by atoms with Crippen molar-refractivity contribution in [1.82, 2.24) is 15.4 Å². The minimum absolute atomic E-state index is 0.351. The molecule has 0 aliphatic carbocycles. The second-order valence-corrected chi connectivity index (χ2v) is 5.34. The highest BCUT2D eigenvalue weighted by molar-refractivity contribution is 9.10. The van der Waals surface area contributed by atoms with Crippen molar-refractivity contribution in [1.29, 1.82) is 0 Å². The van der Waals surface area contributed by atoms with Gasteiger partial charge in [-0.3, -0.25) is 0 Å². The molecule has 5 nitrogen and oxygen atoms in total. The maximum Gasteiger partial charge on any atom is 0.519 e. The molecule has 0 unspecified atom stereocenters. The van der Waals surface area contributed by atoms with Gasteiger partial charge in [0.15, 0.2) is 0 Å². The number of rotatable bonds is 1. The van der Waals surface area contributed by atoms with E-state index in [1.54, 1.807) is 0 Å². The summed E-state index contributed by atoms with van der Waals surface area (Å²) in [6.07, 6.45) is 0. The van der Waals surface area contributed by atoms with E-state index < -0.39 is 7.12 Å². The monoisotopic (exact) mass is 273 g/mol. The highest BCUT2D eigenvalue weighted by Crippen LogP contribution is 2.36. The van der Waals surface area contributed by atoms with Gasteiger partial charge in [-0.15, -0.1) is 5.10 Å². The van der Waals surface area contributed by atoms with Gasteiger partial charge in [-0.2, -0.15) is 10.3 Å². The van der Waals surface area contributed by atoms with E-state index in [2.05, 4.69) is 31.3 Å². The molecular weight excluding hydrogens is 261 g/mol. The van der Waals surface area contributed by atoms with Crippen molar-refractivity contribution in [2.24, 2.45) is 0 Å². The van der Waals surface area contributed by atoms with E-state index in [4.69, 9.17) is 9.31 Å². The number of nitrogens with zero attached hydrogens (tertiary/aromatic N) is 2. The molecule has 0 saturated carbocycles. The van der Waals surface area contributed by atoms with Crippen molar-refractivity contribution in [3.8, 4) is 0 Å². The Bertz CT molecular complexity index is 364. The molecule has 2 heterocycles. The summed E-state index contributed by atoms with van der Waals surface area (Å²) < 4.78 is 12.3. The Morgan fingerprint density at radius 1 is 1.13 bits per heavy atom. The van der Waals surface area contributed by atoms with E-state index >= 15 is 0 Å². The molecule has 82 valence electrons. The van der Waals surface area contributed by atoms with Crippen LogP contribution in [0.15, 0.2) is 4.60 Å². The van der Waals surface area contributed by atoms with Crippen molar-refractivity contribution in [3.05, 3.63) is 4.60 Å². The van der Waals surface area contributed by atoms with Crippen LogP contribution < -0.4 is 5.59 Å². The molecule has 2 rings (SSSR count). The van der Waals surface area contributed by atoms with E-state index in [0.29, 0.717) is 10.2 Å². The molecule has 0 spiro atoms. The topological polar surface area (TPSA) is 60.0 Å². The SMILES string of the molecule is CC1(C)OB(c2n[nH]nc2Br)OC1(C)C. The quantitative estimate of drug-likeness (QED) is 0.772. The predicted octanol–water partition coefficient (Wildman–Crippen LogP) is 0.866. The van der Waals surface area contributed by atoms with E-state index in [0.717, 1.165) is 0 Å². The third-order valence-electron chi connectivity index (χ3n) is 3.01. The van der Waals surface area contributed by atoms with Crippen LogP contribution in [0.4, 0.5) is 0 Å². The number of nitrogens with one attached hydrogen (secondary N) is 1. The summed E-state index contributed by atoms with van der Waals surface area (Å²) >= 11 is 3.29. The molecule has 1 saturated heterocycles. The van der Waals surface area contributed by atoms with Gasteiger partial charge in [-0.25, -0.2) is 0 Å². The molecule has 1 aromatic rings. The fourth-order valence-electron chi connectivity index (χ4n) is 1.33. The lowest BCUT2D eigenvalue weighted by Crippen LogP contribution is -2.41. The van der Waals surface area contributed by atoms with Crippen LogP contribution in [0.3, 0.4) is 0 Å². The Hall–Kier alpha value is -0.395. The summed E-state index contributed by atoms with van der Waals surface area (Å²) in [5, 5.41) is 10.4. The summed E-state index contributed by atoms with van der Waals surface area (Å²) in [4.78, 5) is 0. The number of hydrogen-bond donors (Lipinski definition) is 1. The maximum atomic E-state index is 5.81. The van der Waals surface area contributed by atoms with Crippen LogP contribution in [0.5, 0.6) is 0 Å². The third kappa shape index (κ3) is 1.72. The Morgan fingerprint density at radius 2 is 1.67 bits per heavy atom. The average molecular weight is 274 g/mol. The third-order valence-corrected chi connectivity index (χ3v) is 3.59. The van der Waals surface area contributed by atoms with Crippen LogP contribution in [-0.4, -0.2) is 33.7 Å². The highest BCUT2D eigenvalue weighted by Gasteiger charge is 2.53. The largest absolute Gasteiger partial charge is 0.519 e. The van der Waals surface area contributed by atoms with Crippen LogP contribution in [0.25, 0.3) is 0 Å². The van der Waals surface area contributed by atoms with Gasteiger partial charge < -0.3 is 9.31 Å². The fourth-order valence-corrected chi connectivity index (χ4v) is 1.69. The smallest absolute Gasteiger partial charge is 0.398 e. The zero-order chi connectivity index (χ0) is 11.3. The van der Waals surface area contributed by atoms with Crippen LogP contribution in [0, 0.1) is 0 Å². The Morgan fingerprint density at radius 3 is 2.07 bits per heavy atom. The Balaban J connectivity index is 2.27. The molecule has 0 aromatic carbocycles. The van der Waals surface area contributed by atoms with Gasteiger partial charge in [0.2, 0.25) is 0 Å². The predicted molar refractivity (Wildman–Crippen MR) is 59.8 cm³/mol. The first-order valence-electron chi connectivity index (χ1n) is 4.75. The number of H-pyrrole nitrogens is 1. The first-order chi connectivity index (χ1) is 6.83. The zero-order valence-corrected chi connectivity index (χ0v) is 10.8. The second-order valence-electron chi connectivity index (χ2n) is 4.59. The number of halogens is 1. The molecule has 1 aliphatic rings. The lowest BCUT2D eigenvalue weighted by atomic mass is 9.86. The average Bonchev–Trinajstić information content (AvgIpc) is 2.55. The molecule has 1 fully saturated rings. The summed E-state index contributed by atoms with van der Waals surface area (Å²) in [7, 11) is -0.469. The first kappa shape index (κ1) is 11.1. The Labute approximate surface area is 97.2 Å². The molecule has 1 aromatic heterocycles. The van der Waals surface area contributed by atoms with Crippen molar-refractivity contribution >= 4 is 28.6 Å². The maximum absolute atomic E-state index is 5.81. The van der Waals surface area contributed by atoms with Crippen LogP contribution in [-0.2, 0) is 9.31 Å². The number of aromatic amines is 1. The summed E-state index contributed by atoms with van der Waals surface area (Å²) in [5.41, 5.74) is -0.0554. The lowest BCUT2D eigenvalue weighted by Gasteiger charge is -2.32. The molecule has 0 amide bonds. The molecule has 1 N–H and O–H groups in total. The van der Waals surface area contributed by atoms with Gasteiger partial charge >= 0.3 is 7.12 Å². The van der Waals surface area contributed by atoms with E-state index in [9.17, 15) is 0 Å².